The van der Waals surface area contributed by atoms with Gasteiger partial charge in [-0.25, -0.2) is 0 Å². The van der Waals surface area contributed by atoms with Gasteiger partial charge in [-0.2, -0.15) is 0 Å². The van der Waals surface area contributed by atoms with Crippen LogP contribution in [0.4, 0.5) is 5.69 Å². The molecule has 0 spiro atoms. The maximum atomic E-state index is 12.3. The Labute approximate surface area is 116 Å². The third kappa shape index (κ3) is 2.21. The van der Waals surface area contributed by atoms with E-state index < -0.39 is 0 Å². The summed E-state index contributed by atoms with van der Waals surface area (Å²) in [7, 11) is 0. The van der Waals surface area contributed by atoms with Gasteiger partial charge < -0.3 is 11.1 Å². The van der Waals surface area contributed by atoms with Crippen molar-refractivity contribution in [1.82, 2.24) is 5.32 Å². The Kier molecular flexibility index (Phi) is 2.97. The van der Waals surface area contributed by atoms with Crippen LogP contribution in [0.2, 0.25) is 0 Å². The smallest absolute Gasteiger partial charge is 0.263 e. The van der Waals surface area contributed by atoms with Crippen molar-refractivity contribution in [2.45, 2.75) is 32.7 Å². The van der Waals surface area contributed by atoms with Crippen molar-refractivity contribution in [2.75, 3.05) is 5.73 Å². The average molecular weight is 274 g/mol. The number of thiophene rings is 1. The topological polar surface area (TPSA) is 55.1 Å². The van der Waals surface area contributed by atoms with E-state index in [1.54, 1.807) is 0 Å². The summed E-state index contributed by atoms with van der Waals surface area (Å²) in [6.45, 7) is 4.19. The number of rotatable bonds is 3. The van der Waals surface area contributed by atoms with Crippen LogP contribution in [0.3, 0.4) is 0 Å². The van der Waals surface area contributed by atoms with Gasteiger partial charge in [0, 0.05) is 16.1 Å². The Morgan fingerprint density at radius 1 is 1.53 bits per heavy atom. The zero-order valence-electron chi connectivity index (χ0n) is 11.2. The molecule has 1 aliphatic rings. The number of hydrogen-bond donors (Lipinski definition) is 2. The number of aryl methyl sites for hydroxylation is 1. The summed E-state index contributed by atoms with van der Waals surface area (Å²) in [5, 5.41) is 4.08. The molecule has 100 valence electrons. The lowest BCUT2D eigenvalue weighted by Gasteiger charge is -2.02. The predicted octanol–water partition coefficient (Wildman–Crippen LogP) is 3.32. The highest BCUT2D eigenvalue weighted by Gasteiger charge is 2.37. The molecule has 1 aliphatic carbocycles. The Hall–Kier alpha value is -1.55. The van der Waals surface area contributed by atoms with Crippen molar-refractivity contribution in [3.8, 4) is 0 Å². The summed E-state index contributed by atoms with van der Waals surface area (Å²) in [4.78, 5) is 12.9. The minimum Gasteiger partial charge on any atom is -0.397 e. The number of nitrogens with one attached hydrogen (secondary N) is 1. The molecule has 2 unspecified atom stereocenters. The number of fused-ring (bicyclic) bond motifs is 1. The van der Waals surface area contributed by atoms with Gasteiger partial charge in [0.05, 0.1) is 5.69 Å². The van der Waals surface area contributed by atoms with Crippen molar-refractivity contribution >= 4 is 33.0 Å². The summed E-state index contributed by atoms with van der Waals surface area (Å²) in [5.41, 5.74) is 7.91. The lowest BCUT2D eigenvalue weighted by Crippen LogP contribution is -2.26. The maximum Gasteiger partial charge on any atom is 0.263 e. The molecule has 1 aromatic heterocycles. The molecule has 4 heteroatoms. The number of nitrogen functional groups attached to an aromatic ring is 1. The minimum absolute atomic E-state index is 0.0164. The standard InChI is InChI=1S/C15H18N2OS/c1-3-9-7-11(9)17-15(18)14-13(16)10-6-8(2)4-5-12(10)19-14/h4-6,9,11H,3,7,16H2,1-2H3,(H,17,18). The number of amides is 1. The Morgan fingerprint density at radius 3 is 3.00 bits per heavy atom. The van der Waals surface area contributed by atoms with E-state index in [0.29, 0.717) is 22.5 Å². The fourth-order valence-electron chi connectivity index (χ4n) is 2.51. The van der Waals surface area contributed by atoms with Gasteiger partial charge in [0.2, 0.25) is 0 Å². The van der Waals surface area contributed by atoms with Crippen molar-refractivity contribution in [2.24, 2.45) is 5.92 Å². The summed E-state index contributed by atoms with van der Waals surface area (Å²) in [6.07, 6.45) is 2.23. The van der Waals surface area contributed by atoms with E-state index in [0.717, 1.165) is 28.5 Å². The van der Waals surface area contributed by atoms with Crippen LogP contribution in [0.25, 0.3) is 10.1 Å². The highest BCUT2D eigenvalue weighted by Crippen LogP contribution is 2.36. The van der Waals surface area contributed by atoms with Crippen LogP contribution >= 0.6 is 11.3 Å². The molecule has 2 atom stereocenters. The van der Waals surface area contributed by atoms with Gasteiger partial charge in [0.1, 0.15) is 4.88 Å². The molecule has 19 heavy (non-hydrogen) atoms. The fourth-order valence-corrected chi connectivity index (χ4v) is 3.52. The van der Waals surface area contributed by atoms with Gasteiger partial charge in [-0.3, -0.25) is 4.79 Å². The molecular formula is C15H18N2OS. The highest BCUT2D eigenvalue weighted by atomic mass is 32.1. The van der Waals surface area contributed by atoms with Crippen LogP contribution in [0, 0.1) is 12.8 Å². The molecule has 0 radical (unpaired) electrons. The number of carbonyl (C=O) groups excluding carboxylic acids is 1. The maximum absolute atomic E-state index is 12.3. The second kappa shape index (κ2) is 4.53. The van der Waals surface area contributed by atoms with Crippen LogP contribution in [-0.2, 0) is 0 Å². The quantitative estimate of drug-likeness (QED) is 0.902. The zero-order chi connectivity index (χ0) is 13.6. The van der Waals surface area contributed by atoms with Crippen LogP contribution in [0.15, 0.2) is 18.2 Å². The SMILES string of the molecule is CCC1CC1NC(=O)c1sc2ccc(C)cc2c1N. The number of hydrogen-bond acceptors (Lipinski definition) is 3. The second-order valence-electron chi connectivity index (χ2n) is 5.33. The van der Waals surface area contributed by atoms with E-state index >= 15 is 0 Å². The van der Waals surface area contributed by atoms with Crippen LogP contribution in [-0.4, -0.2) is 11.9 Å². The number of benzene rings is 1. The summed E-state index contributed by atoms with van der Waals surface area (Å²) in [5.74, 6) is 0.638. The van der Waals surface area contributed by atoms with Crippen LogP contribution < -0.4 is 11.1 Å². The van der Waals surface area contributed by atoms with E-state index in [9.17, 15) is 4.79 Å². The molecule has 1 saturated carbocycles. The first-order valence-corrected chi connectivity index (χ1v) is 7.51. The largest absolute Gasteiger partial charge is 0.397 e. The van der Waals surface area contributed by atoms with Gasteiger partial charge >= 0.3 is 0 Å². The first kappa shape index (κ1) is 12.5. The van der Waals surface area contributed by atoms with Crippen LogP contribution in [0.5, 0.6) is 0 Å². The molecule has 0 aliphatic heterocycles. The first-order valence-electron chi connectivity index (χ1n) is 6.69. The molecule has 3 nitrogen and oxygen atoms in total. The lowest BCUT2D eigenvalue weighted by atomic mass is 10.1. The number of carbonyl (C=O) groups is 1. The van der Waals surface area contributed by atoms with E-state index in [1.807, 2.05) is 25.1 Å². The van der Waals surface area contributed by atoms with Gasteiger partial charge in [0.15, 0.2) is 0 Å². The summed E-state index contributed by atoms with van der Waals surface area (Å²) >= 11 is 1.48. The molecule has 3 rings (SSSR count). The van der Waals surface area contributed by atoms with Gasteiger partial charge in [-0.1, -0.05) is 25.0 Å². The molecule has 2 aromatic rings. The number of nitrogens with two attached hydrogens (primary N) is 1. The lowest BCUT2D eigenvalue weighted by molar-refractivity contribution is 0.0954. The highest BCUT2D eigenvalue weighted by molar-refractivity contribution is 7.21. The van der Waals surface area contributed by atoms with Crippen molar-refractivity contribution in [3.05, 3.63) is 28.6 Å². The second-order valence-corrected chi connectivity index (χ2v) is 6.38. The van der Waals surface area contributed by atoms with Crippen LogP contribution in [0.1, 0.15) is 35.0 Å². The first-order chi connectivity index (χ1) is 9.10. The van der Waals surface area contributed by atoms with Gasteiger partial charge in [-0.05, 0) is 31.4 Å². The molecule has 1 heterocycles. The van der Waals surface area contributed by atoms with Crippen molar-refractivity contribution < 1.29 is 4.79 Å². The third-order valence-electron chi connectivity index (χ3n) is 3.85. The Balaban J connectivity index is 1.88. The fraction of sp³-hybridized carbons (Fsp3) is 0.400. The third-order valence-corrected chi connectivity index (χ3v) is 5.04. The normalized spacial score (nSPS) is 21.6. The molecule has 1 fully saturated rings. The van der Waals surface area contributed by atoms with E-state index in [1.165, 1.54) is 11.3 Å². The van der Waals surface area contributed by atoms with E-state index in [4.69, 9.17) is 5.73 Å². The summed E-state index contributed by atoms with van der Waals surface area (Å²) < 4.78 is 1.08. The Bertz CT molecular complexity index is 647. The minimum atomic E-state index is -0.0164. The number of anilines is 1. The van der Waals surface area contributed by atoms with Gasteiger partial charge in [-0.15, -0.1) is 11.3 Å². The molecule has 1 aromatic carbocycles. The van der Waals surface area contributed by atoms with E-state index in [-0.39, 0.29) is 5.91 Å². The Morgan fingerprint density at radius 2 is 2.32 bits per heavy atom. The van der Waals surface area contributed by atoms with Crippen molar-refractivity contribution in [1.29, 1.82) is 0 Å². The van der Waals surface area contributed by atoms with Crippen molar-refractivity contribution in [3.63, 3.8) is 0 Å². The molecular weight excluding hydrogens is 256 g/mol. The molecule has 3 N–H and O–H groups in total. The average Bonchev–Trinajstić information content (AvgIpc) is 3.06. The molecule has 0 saturated heterocycles. The predicted molar refractivity (Wildman–Crippen MR) is 80.6 cm³/mol. The summed E-state index contributed by atoms with van der Waals surface area (Å²) in [6, 6.07) is 6.48. The molecule has 0 bridgehead atoms. The van der Waals surface area contributed by atoms with E-state index in [2.05, 4.69) is 12.2 Å². The van der Waals surface area contributed by atoms with Gasteiger partial charge in [0.25, 0.3) is 5.91 Å². The zero-order valence-corrected chi connectivity index (χ0v) is 12.0. The molecule has 1 amide bonds. The monoisotopic (exact) mass is 274 g/mol.